The van der Waals surface area contributed by atoms with E-state index < -0.39 is 0 Å². The molecule has 98 valence electrons. The van der Waals surface area contributed by atoms with Gasteiger partial charge in [-0.3, -0.25) is 0 Å². The van der Waals surface area contributed by atoms with Crippen LogP contribution in [0.5, 0.6) is 0 Å². The van der Waals surface area contributed by atoms with Gasteiger partial charge in [-0.1, -0.05) is 36.6 Å². The van der Waals surface area contributed by atoms with E-state index in [1.54, 1.807) is 0 Å². The fourth-order valence-electron chi connectivity index (χ4n) is 2.17. The summed E-state index contributed by atoms with van der Waals surface area (Å²) >= 11 is 5.82. The Morgan fingerprint density at radius 2 is 1.72 bits per heavy atom. The van der Waals surface area contributed by atoms with Crippen LogP contribution in [0.1, 0.15) is 31.2 Å². The molecule has 2 rings (SSSR count). The molecule has 1 saturated heterocycles. The quantitative estimate of drug-likeness (QED) is 0.874. The molecule has 1 aliphatic heterocycles. The normalized spacial score (nSPS) is 16.2. The molecule has 0 atom stereocenters. The molecule has 0 saturated carbocycles. The number of hydrogen-bond donors (Lipinski definition) is 1. The molecule has 1 N–H and O–H groups in total. The van der Waals surface area contributed by atoms with Crippen molar-refractivity contribution in [3.05, 3.63) is 34.9 Å². The van der Waals surface area contributed by atoms with Gasteiger partial charge in [-0.05, 0) is 30.5 Å². The lowest BCUT2D eigenvalue weighted by molar-refractivity contribution is 0.199. The number of likely N-dealkylation sites (tertiary alicyclic amines) is 1. The lowest BCUT2D eigenvalue weighted by Crippen LogP contribution is -2.40. The zero-order chi connectivity index (χ0) is 12.8. The Bertz CT molecular complexity index is 383. The average molecular weight is 267 g/mol. The van der Waals surface area contributed by atoms with Gasteiger partial charge in [0.05, 0.1) is 0 Å². The fraction of sp³-hybridized carbons (Fsp3) is 0.500. The van der Waals surface area contributed by atoms with Crippen molar-refractivity contribution in [1.29, 1.82) is 0 Å². The third kappa shape index (κ3) is 3.91. The van der Waals surface area contributed by atoms with Crippen molar-refractivity contribution in [2.45, 2.75) is 32.2 Å². The second-order valence-corrected chi connectivity index (χ2v) is 5.12. The summed E-state index contributed by atoms with van der Waals surface area (Å²) in [6.07, 6.45) is 4.71. The van der Waals surface area contributed by atoms with Crippen LogP contribution in [0.3, 0.4) is 0 Å². The molecule has 0 unspecified atom stereocenters. The molecule has 1 fully saturated rings. The predicted octanol–water partition coefficient (Wildman–Crippen LogP) is 3.43. The van der Waals surface area contributed by atoms with Gasteiger partial charge in [-0.25, -0.2) is 4.79 Å². The highest BCUT2D eigenvalue weighted by atomic mass is 35.5. The SMILES string of the molecule is O=C(NCc1ccc(Cl)cc1)N1CCCCCC1. The summed E-state index contributed by atoms with van der Waals surface area (Å²) < 4.78 is 0. The first-order valence-corrected chi connectivity index (χ1v) is 6.91. The minimum absolute atomic E-state index is 0.0480. The van der Waals surface area contributed by atoms with Crippen LogP contribution < -0.4 is 5.32 Å². The molecule has 0 bridgehead atoms. The molecule has 0 radical (unpaired) electrons. The summed E-state index contributed by atoms with van der Waals surface area (Å²) in [6, 6.07) is 7.60. The molecule has 4 heteroatoms. The number of carbonyl (C=O) groups excluding carboxylic acids is 1. The van der Waals surface area contributed by atoms with E-state index in [0.29, 0.717) is 6.54 Å². The molecule has 1 aliphatic rings. The van der Waals surface area contributed by atoms with Gasteiger partial charge in [0.25, 0.3) is 0 Å². The summed E-state index contributed by atoms with van der Waals surface area (Å²) in [7, 11) is 0. The molecule has 2 amide bonds. The molecule has 0 aromatic heterocycles. The number of urea groups is 1. The molecule has 1 heterocycles. The lowest BCUT2D eigenvalue weighted by Gasteiger charge is -2.20. The number of carbonyl (C=O) groups is 1. The van der Waals surface area contributed by atoms with Crippen molar-refractivity contribution in [2.75, 3.05) is 13.1 Å². The Morgan fingerprint density at radius 1 is 1.11 bits per heavy atom. The molecular weight excluding hydrogens is 248 g/mol. The number of hydrogen-bond acceptors (Lipinski definition) is 1. The summed E-state index contributed by atoms with van der Waals surface area (Å²) in [5, 5.41) is 3.68. The topological polar surface area (TPSA) is 32.3 Å². The van der Waals surface area contributed by atoms with Gasteiger partial charge >= 0.3 is 6.03 Å². The zero-order valence-electron chi connectivity index (χ0n) is 10.5. The van der Waals surface area contributed by atoms with Crippen LogP contribution in [0, 0.1) is 0 Å². The number of halogens is 1. The smallest absolute Gasteiger partial charge is 0.317 e. The van der Waals surface area contributed by atoms with Crippen LogP contribution in [0.4, 0.5) is 4.79 Å². The first kappa shape index (κ1) is 13.2. The highest BCUT2D eigenvalue weighted by Gasteiger charge is 2.14. The van der Waals surface area contributed by atoms with Crippen molar-refractivity contribution in [3.8, 4) is 0 Å². The van der Waals surface area contributed by atoms with Crippen molar-refractivity contribution >= 4 is 17.6 Å². The van der Waals surface area contributed by atoms with Crippen LogP contribution in [0.2, 0.25) is 5.02 Å². The Morgan fingerprint density at radius 3 is 2.33 bits per heavy atom. The van der Waals surface area contributed by atoms with E-state index in [-0.39, 0.29) is 6.03 Å². The van der Waals surface area contributed by atoms with E-state index >= 15 is 0 Å². The monoisotopic (exact) mass is 266 g/mol. The standard InChI is InChI=1S/C14H19ClN2O/c15-13-7-5-12(6-8-13)11-16-14(18)17-9-3-1-2-4-10-17/h5-8H,1-4,9-11H2,(H,16,18). The third-order valence-corrected chi connectivity index (χ3v) is 3.50. The Hall–Kier alpha value is -1.22. The maximum atomic E-state index is 12.0. The van der Waals surface area contributed by atoms with Crippen LogP contribution in [0.15, 0.2) is 24.3 Å². The summed E-state index contributed by atoms with van der Waals surface area (Å²) in [4.78, 5) is 13.9. The van der Waals surface area contributed by atoms with Crippen molar-refractivity contribution < 1.29 is 4.79 Å². The van der Waals surface area contributed by atoms with E-state index in [1.165, 1.54) is 12.8 Å². The van der Waals surface area contributed by atoms with Gasteiger partial charge in [-0.2, -0.15) is 0 Å². The van der Waals surface area contributed by atoms with Gasteiger partial charge in [0.15, 0.2) is 0 Å². The maximum absolute atomic E-state index is 12.0. The Labute approximate surface area is 113 Å². The predicted molar refractivity (Wildman–Crippen MR) is 73.7 cm³/mol. The van der Waals surface area contributed by atoms with Gasteiger partial charge in [-0.15, -0.1) is 0 Å². The number of nitrogens with one attached hydrogen (secondary N) is 1. The molecule has 1 aromatic carbocycles. The average Bonchev–Trinajstić information content (AvgIpc) is 2.66. The zero-order valence-corrected chi connectivity index (χ0v) is 11.2. The Balaban J connectivity index is 1.81. The van der Waals surface area contributed by atoms with E-state index in [4.69, 9.17) is 11.6 Å². The number of benzene rings is 1. The molecular formula is C14H19ClN2O. The van der Waals surface area contributed by atoms with Crippen LogP contribution in [0.25, 0.3) is 0 Å². The summed E-state index contributed by atoms with van der Waals surface area (Å²) in [6.45, 7) is 2.32. The number of nitrogens with zero attached hydrogens (tertiary/aromatic N) is 1. The van der Waals surface area contributed by atoms with Crippen LogP contribution in [-0.2, 0) is 6.54 Å². The van der Waals surface area contributed by atoms with Crippen molar-refractivity contribution in [2.24, 2.45) is 0 Å². The third-order valence-electron chi connectivity index (χ3n) is 3.25. The second-order valence-electron chi connectivity index (χ2n) is 4.69. The van der Waals surface area contributed by atoms with E-state index in [2.05, 4.69) is 5.32 Å². The van der Waals surface area contributed by atoms with Gasteiger partial charge in [0, 0.05) is 24.7 Å². The van der Waals surface area contributed by atoms with E-state index in [0.717, 1.165) is 36.5 Å². The highest BCUT2D eigenvalue weighted by molar-refractivity contribution is 6.30. The fourth-order valence-corrected chi connectivity index (χ4v) is 2.29. The minimum Gasteiger partial charge on any atom is -0.334 e. The molecule has 0 aliphatic carbocycles. The Kier molecular flexibility index (Phi) is 4.88. The first-order chi connectivity index (χ1) is 8.75. The summed E-state index contributed by atoms with van der Waals surface area (Å²) in [5.41, 5.74) is 1.07. The van der Waals surface area contributed by atoms with Gasteiger partial charge in [0.2, 0.25) is 0 Å². The highest BCUT2D eigenvalue weighted by Crippen LogP contribution is 2.11. The van der Waals surface area contributed by atoms with Gasteiger partial charge < -0.3 is 10.2 Å². The summed E-state index contributed by atoms with van der Waals surface area (Å²) in [5.74, 6) is 0. The molecule has 0 spiro atoms. The van der Waals surface area contributed by atoms with Gasteiger partial charge in [0.1, 0.15) is 0 Å². The first-order valence-electron chi connectivity index (χ1n) is 6.53. The molecule has 18 heavy (non-hydrogen) atoms. The lowest BCUT2D eigenvalue weighted by atomic mass is 10.2. The maximum Gasteiger partial charge on any atom is 0.317 e. The number of amides is 2. The molecule has 1 aromatic rings. The van der Waals surface area contributed by atoms with Crippen molar-refractivity contribution in [1.82, 2.24) is 10.2 Å². The van der Waals surface area contributed by atoms with Crippen molar-refractivity contribution in [3.63, 3.8) is 0 Å². The van der Waals surface area contributed by atoms with Crippen LogP contribution in [-0.4, -0.2) is 24.0 Å². The minimum atomic E-state index is 0.0480. The number of rotatable bonds is 2. The van der Waals surface area contributed by atoms with E-state index in [1.807, 2.05) is 29.2 Å². The molecule has 3 nitrogen and oxygen atoms in total. The van der Waals surface area contributed by atoms with E-state index in [9.17, 15) is 4.79 Å². The second kappa shape index (κ2) is 6.64. The van der Waals surface area contributed by atoms with Crippen LogP contribution >= 0.6 is 11.6 Å². The largest absolute Gasteiger partial charge is 0.334 e.